The molecular formula is C14H19F3N2O2. The Morgan fingerprint density at radius 1 is 1.29 bits per heavy atom. The maximum absolute atomic E-state index is 12.5. The van der Waals surface area contributed by atoms with Crippen molar-refractivity contribution in [2.75, 3.05) is 19.8 Å². The van der Waals surface area contributed by atoms with Gasteiger partial charge in [-0.25, -0.2) is 4.79 Å². The molecule has 0 radical (unpaired) electrons. The lowest BCUT2D eigenvalue weighted by Gasteiger charge is -2.10. The van der Waals surface area contributed by atoms with Gasteiger partial charge in [-0.3, -0.25) is 0 Å². The van der Waals surface area contributed by atoms with Crippen molar-refractivity contribution in [3.05, 3.63) is 35.4 Å². The van der Waals surface area contributed by atoms with Crippen molar-refractivity contribution < 1.29 is 22.7 Å². The Hall–Kier alpha value is -1.76. The fourth-order valence-corrected chi connectivity index (χ4v) is 1.62. The Kier molecular flexibility index (Phi) is 7.01. The van der Waals surface area contributed by atoms with Crippen LogP contribution in [-0.4, -0.2) is 25.8 Å². The minimum Gasteiger partial charge on any atom is -0.382 e. The molecule has 0 aliphatic heterocycles. The van der Waals surface area contributed by atoms with E-state index in [0.717, 1.165) is 12.1 Å². The zero-order valence-electron chi connectivity index (χ0n) is 11.8. The van der Waals surface area contributed by atoms with Gasteiger partial charge in [-0.05, 0) is 31.0 Å². The second-order valence-corrected chi connectivity index (χ2v) is 4.36. The van der Waals surface area contributed by atoms with Crippen molar-refractivity contribution >= 4 is 6.03 Å². The first kappa shape index (κ1) is 17.3. The molecule has 0 saturated carbocycles. The van der Waals surface area contributed by atoms with E-state index in [0.29, 0.717) is 31.7 Å². The van der Waals surface area contributed by atoms with E-state index in [1.807, 2.05) is 6.92 Å². The van der Waals surface area contributed by atoms with Crippen LogP contribution in [0.4, 0.5) is 18.0 Å². The summed E-state index contributed by atoms with van der Waals surface area (Å²) in [6.07, 6.45) is -3.69. The van der Waals surface area contributed by atoms with Gasteiger partial charge in [0.25, 0.3) is 0 Å². The molecule has 2 amide bonds. The minimum absolute atomic E-state index is 0.0429. The summed E-state index contributed by atoms with van der Waals surface area (Å²) in [6, 6.07) is 4.46. The van der Waals surface area contributed by atoms with Gasteiger partial charge in [-0.1, -0.05) is 12.1 Å². The van der Waals surface area contributed by atoms with Gasteiger partial charge in [-0.15, -0.1) is 0 Å². The predicted molar refractivity (Wildman–Crippen MR) is 72.8 cm³/mol. The van der Waals surface area contributed by atoms with Crippen molar-refractivity contribution in [1.29, 1.82) is 0 Å². The molecule has 1 aromatic rings. The molecule has 4 nitrogen and oxygen atoms in total. The topological polar surface area (TPSA) is 50.4 Å². The van der Waals surface area contributed by atoms with Crippen LogP contribution >= 0.6 is 0 Å². The Labute approximate surface area is 121 Å². The summed E-state index contributed by atoms with van der Waals surface area (Å²) >= 11 is 0. The molecule has 0 spiro atoms. The lowest BCUT2D eigenvalue weighted by molar-refractivity contribution is -0.137. The Morgan fingerprint density at radius 2 is 2.05 bits per heavy atom. The molecule has 118 valence electrons. The van der Waals surface area contributed by atoms with Crippen LogP contribution in [0.1, 0.15) is 24.5 Å². The van der Waals surface area contributed by atoms with Gasteiger partial charge in [0.15, 0.2) is 0 Å². The fraction of sp³-hybridized carbons (Fsp3) is 0.500. The highest BCUT2D eigenvalue weighted by Crippen LogP contribution is 2.29. The number of urea groups is 1. The van der Waals surface area contributed by atoms with Crippen LogP contribution in [0.25, 0.3) is 0 Å². The molecule has 0 unspecified atom stereocenters. The van der Waals surface area contributed by atoms with E-state index in [2.05, 4.69) is 10.6 Å². The number of hydrogen-bond acceptors (Lipinski definition) is 2. The molecule has 0 aliphatic rings. The number of ether oxygens (including phenoxy) is 1. The third-order valence-electron chi connectivity index (χ3n) is 2.66. The second-order valence-electron chi connectivity index (χ2n) is 4.36. The fourth-order valence-electron chi connectivity index (χ4n) is 1.62. The molecule has 0 aromatic heterocycles. The average Bonchev–Trinajstić information content (AvgIpc) is 2.44. The van der Waals surface area contributed by atoms with Crippen LogP contribution in [0.2, 0.25) is 0 Å². The summed E-state index contributed by atoms with van der Waals surface area (Å²) in [6.45, 7) is 3.57. The number of benzene rings is 1. The van der Waals surface area contributed by atoms with Crippen molar-refractivity contribution in [3.8, 4) is 0 Å². The summed E-state index contributed by atoms with van der Waals surface area (Å²) in [4.78, 5) is 11.4. The largest absolute Gasteiger partial charge is 0.416 e. The molecule has 0 heterocycles. The third kappa shape index (κ3) is 6.99. The van der Waals surface area contributed by atoms with Gasteiger partial charge in [0.05, 0.1) is 5.56 Å². The quantitative estimate of drug-likeness (QED) is 0.761. The number of nitrogens with one attached hydrogen (secondary N) is 2. The monoisotopic (exact) mass is 304 g/mol. The first-order valence-corrected chi connectivity index (χ1v) is 6.69. The van der Waals surface area contributed by atoms with Crippen LogP contribution in [0.5, 0.6) is 0 Å². The molecule has 21 heavy (non-hydrogen) atoms. The Bertz CT molecular complexity index is 450. The highest BCUT2D eigenvalue weighted by molar-refractivity contribution is 5.73. The minimum atomic E-state index is -4.38. The molecule has 2 N–H and O–H groups in total. The normalized spacial score (nSPS) is 11.2. The molecule has 0 atom stereocenters. The standard InChI is InChI=1S/C14H19F3N2O2/c1-2-21-8-4-7-18-13(20)19-10-11-5-3-6-12(9-11)14(15,16)17/h3,5-6,9H,2,4,7-8,10H2,1H3,(H2,18,19,20). The van der Waals surface area contributed by atoms with E-state index in [1.54, 1.807) is 0 Å². The lowest BCUT2D eigenvalue weighted by Crippen LogP contribution is -2.35. The lowest BCUT2D eigenvalue weighted by atomic mass is 10.1. The zero-order chi connectivity index (χ0) is 15.7. The molecule has 1 aromatic carbocycles. The highest BCUT2D eigenvalue weighted by atomic mass is 19.4. The number of alkyl halides is 3. The number of carbonyl (C=O) groups is 1. The zero-order valence-corrected chi connectivity index (χ0v) is 11.8. The van der Waals surface area contributed by atoms with Crippen molar-refractivity contribution in [3.63, 3.8) is 0 Å². The van der Waals surface area contributed by atoms with Crippen molar-refractivity contribution in [2.45, 2.75) is 26.1 Å². The van der Waals surface area contributed by atoms with Crippen LogP contribution in [0, 0.1) is 0 Å². The smallest absolute Gasteiger partial charge is 0.382 e. The molecule has 7 heteroatoms. The van der Waals surface area contributed by atoms with Gasteiger partial charge in [0.1, 0.15) is 0 Å². The summed E-state index contributed by atoms with van der Waals surface area (Å²) in [5.41, 5.74) is -0.326. The number of hydrogen-bond donors (Lipinski definition) is 2. The number of carbonyl (C=O) groups excluding carboxylic acids is 1. The number of rotatable bonds is 7. The van der Waals surface area contributed by atoms with E-state index in [9.17, 15) is 18.0 Å². The molecule has 0 aliphatic carbocycles. The molecular weight excluding hydrogens is 285 g/mol. The number of amides is 2. The average molecular weight is 304 g/mol. The van der Waals surface area contributed by atoms with Gasteiger partial charge in [-0.2, -0.15) is 13.2 Å². The van der Waals surface area contributed by atoms with Gasteiger partial charge in [0, 0.05) is 26.3 Å². The maximum atomic E-state index is 12.5. The highest BCUT2D eigenvalue weighted by Gasteiger charge is 2.30. The SMILES string of the molecule is CCOCCCNC(=O)NCc1cccc(C(F)(F)F)c1. The van der Waals surface area contributed by atoms with E-state index in [-0.39, 0.29) is 6.54 Å². The van der Waals surface area contributed by atoms with Crippen LogP contribution in [0.15, 0.2) is 24.3 Å². The van der Waals surface area contributed by atoms with Gasteiger partial charge < -0.3 is 15.4 Å². The van der Waals surface area contributed by atoms with Crippen molar-refractivity contribution in [2.24, 2.45) is 0 Å². The third-order valence-corrected chi connectivity index (χ3v) is 2.66. The van der Waals surface area contributed by atoms with Crippen molar-refractivity contribution in [1.82, 2.24) is 10.6 Å². The summed E-state index contributed by atoms with van der Waals surface area (Å²) in [5.74, 6) is 0. The molecule has 0 bridgehead atoms. The predicted octanol–water partition coefficient (Wildman–Crippen LogP) is 2.93. The summed E-state index contributed by atoms with van der Waals surface area (Å²) < 4.78 is 42.7. The van der Waals surface area contributed by atoms with Crippen LogP contribution < -0.4 is 10.6 Å². The van der Waals surface area contributed by atoms with E-state index in [1.165, 1.54) is 12.1 Å². The Morgan fingerprint density at radius 3 is 2.71 bits per heavy atom. The summed E-state index contributed by atoms with van der Waals surface area (Å²) in [5, 5.41) is 5.11. The van der Waals surface area contributed by atoms with Crippen LogP contribution in [-0.2, 0) is 17.5 Å². The van der Waals surface area contributed by atoms with Gasteiger partial charge >= 0.3 is 12.2 Å². The second kappa shape index (κ2) is 8.51. The molecule has 0 fully saturated rings. The molecule has 1 rings (SSSR count). The van der Waals surface area contributed by atoms with E-state index in [4.69, 9.17) is 4.74 Å². The molecule has 0 saturated heterocycles. The Balaban J connectivity index is 2.33. The van der Waals surface area contributed by atoms with E-state index < -0.39 is 17.8 Å². The number of halogens is 3. The van der Waals surface area contributed by atoms with Crippen LogP contribution in [0.3, 0.4) is 0 Å². The van der Waals surface area contributed by atoms with Gasteiger partial charge in [0.2, 0.25) is 0 Å². The first-order valence-electron chi connectivity index (χ1n) is 6.69. The first-order chi connectivity index (χ1) is 9.93. The maximum Gasteiger partial charge on any atom is 0.416 e. The summed E-state index contributed by atoms with van der Waals surface area (Å²) in [7, 11) is 0. The van der Waals surface area contributed by atoms with E-state index >= 15 is 0 Å².